The van der Waals surface area contributed by atoms with E-state index in [0.717, 1.165) is 16.7 Å². The standard InChI is InChI=1S/C24H27NO6/c1-16(26)29-22-14-25(15-23(30-17(2)27)24(22)31-18(3)28)13-19-9-11-21(12-10-19)20-7-5-4-6-8-20/h4-12,22-24H,13-15H2,1-3H3/t22-,23+,24?. The van der Waals surface area contributed by atoms with Crippen molar-refractivity contribution in [2.75, 3.05) is 13.1 Å². The lowest BCUT2D eigenvalue weighted by Crippen LogP contribution is -2.58. The van der Waals surface area contributed by atoms with Gasteiger partial charge in [-0.05, 0) is 16.7 Å². The zero-order valence-corrected chi connectivity index (χ0v) is 17.9. The maximum absolute atomic E-state index is 11.6. The van der Waals surface area contributed by atoms with Gasteiger partial charge in [0.15, 0.2) is 18.3 Å². The van der Waals surface area contributed by atoms with Gasteiger partial charge in [-0.1, -0.05) is 54.6 Å². The van der Waals surface area contributed by atoms with Crippen molar-refractivity contribution in [3.05, 3.63) is 60.2 Å². The third kappa shape index (κ3) is 6.39. The van der Waals surface area contributed by atoms with Crippen LogP contribution in [-0.2, 0) is 35.1 Å². The average Bonchev–Trinajstić information content (AvgIpc) is 2.71. The van der Waals surface area contributed by atoms with Crippen molar-refractivity contribution in [1.82, 2.24) is 4.90 Å². The molecular weight excluding hydrogens is 398 g/mol. The fourth-order valence-electron chi connectivity index (χ4n) is 3.83. The Balaban J connectivity index is 1.76. The zero-order valence-electron chi connectivity index (χ0n) is 17.9. The third-order valence-corrected chi connectivity index (χ3v) is 5.01. The van der Waals surface area contributed by atoms with E-state index >= 15 is 0 Å². The van der Waals surface area contributed by atoms with Crippen LogP contribution in [0.3, 0.4) is 0 Å². The van der Waals surface area contributed by atoms with Gasteiger partial charge in [0.25, 0.3) is 0 Å². The molecule has 2 aromatic carbocycles. The van der Waals surface area contributed by atoms with Gasteiger partial charge in [-0.3, -0.25) is 19.3 Å². The van der Waals surface area contributed by atoms with Crippen molar-refractivity contribution in [3.8, 4) is 11.1 Å². The normalized spacial score (nSPS) is 21.2. The first-order valence-corrected chi connectivity index (χ1v) is 10.2. The first-order chi connectivity index (χ1) is 14.8. The number of carbonyl (C=O) groups is 3. The highest BCUT2D eigenvalue weighted by atomic mass is 16.6. The molecule has 0 aromatic heterocycles. The van der Waals surface area contributed by atoms with Crippen LogP contribution < -0.4 is 0 Å². The van der Waals surface area contributed by atoms with E-state index in [2.05, 4.69) is 24.3 Å². The summed E-state index contributed by atoms with van der Waals surface area (Å²) in [7, 11) is 0. The minimum atomic E-state index is -0.845. The molecule has 1 fully saturated rings. The van der Waals surface area contributed by atoms with Crippen LogP contribution >= 0.6 is 0 Å². The summed E-state index contributed by atoms with van der Waals surface area (Å²) < 4.78 is 16.2. The highest BCUT2D eigenvalue weighted by molar-refractivity contribution is 5.68. The maximum Gasteiger partial charge on any atom is 0.303 e. The number of ether oxygens (including phenoxy) is 3. The van der Waals surface area contributed by atoms with E-state index in [1.54, 1.807) is 0 Å². The van der Waals surface area contributed by atoms with Crippen LogP contribution in [0.2, 0.25) is 0 Å². The molecule has 7 heteroatoms. The first-order valence-electron chi connectivity index (χ1n) is 10.2. The molecule has 2 aromatic rings. The van der Waals surface area contributed by atoms with E-state index in [-0.39, 0.29) is 0 Å². The molecule has 31 heavy (non-hydrogen) atoms. The Morgan fingerprint density at radius 1 is 0.742 bits per heavy atom. The molecule has 0 amide bonds. The van der Waals surface area contributed by atoms with Gasteiger partial charge in [0.2, 0.25) is 0 Å². The Hall–Kier alpha value is -3.19. The Kier molecular flexibility index (Phi) is 7.41. The van der Waals surface area contributed by atoms with E-state index < -0.39 is 36.2 Å². The Labute approximate surface area is 181 Å². The van der Waals surface area contributed by atoms with Crippen molar-refractivity contribution in [2.45, 2.75) is 45.6 Å². The zero-order chi connectivity index (χ0) is 22.4. The van der Waals surface area contributed by atoms with Crippen LogP contribution in [0, 0.1) is 0 Å². The molecule has 0 bridgehead atoms. The van der Waals surface area contributed by atoms with Crippen LogP contribution in [0.15, 0.2) is 54.6 Å². The summed E-state index contributed by atoms with van der Waals surface area (Å²) in [6, 6.07) is 18.3. The lowest BCUT2D eigenvalue weighted by molar-refractivity contribution is -0.195. The summed E-state index contributed by atoms with van der Waals surface area (Å²) >= 11 is 0. The third-order valence-electron chi connectivity index (χ3n) is 5.01. The molecule has 1 heterocycles. The Morgan fingerprint density at radius 2 is 1.23 bits per heavy atom. The highest BCUT2D eigenvalue weighted by Gasteiger charge is 2.43. The lowest BCUT2D eigenvalue weighted by Gasteiger charge is -2.41. The fourth-order valence-corrected chi connectivity index (χ4v) is 3.83. The number of esters is 3. The summed E-state index contributed by atoms with van der Waals surface area (Å²) in [6.07, 6.45) is -2.31. The van der Waals surface area contributed by atoms with Crippen LogP contribution in [-0.4, -0.2) is 54.2 Å². The summed E-state index contributed by atoms with van der Waals surface area (Å²) in [6.45, 7) is 5.15. The molecule has 164 valence electrons. The van der Waals surface area contributed by atoms with E-state index in [1.165, 1.54) is 20.8 Å². The Bertz CT molecular complexity index is 885. The summed E-state index contributed by atoms with van der Waals surface area (Å²) in [5.41, 5.74) is 3.32. The van der Waals surface area contributed by atoms with Gasteiger partial charge in [-0.25, -0.2) is 0 Å². The van der Waals surface area contributed by atoms with E-state index in [0.29, 0.717) is 19.6 Å². The molecular formula is C24H27NO6. The van der Waals surface area contributed by atoms with Crippen molar-refractivity contribution in [1.29, 1.82) is 0 Å². The van der Waals surface area contributed by atoms with Gasteiger partial charge in [0.1, 0.15) is 0 Å². The van der Waals surface area contributed by atoms with Crippen molar-refractivity contribution in [2.24, 2.45) is 0 Å². The molecule has 0 aliphatic carbocycles. The van der Waals surface area contributed by atoms with Crippen LogP contribution in [0.1, 0.15) is 26.3 Å². The van der Waals surface area contributed by atoms with E-state index in [1.807, 2.05) is 35.2 Å². The lowest BCUT2D eigenvalue weighted by atomic mass is 9.99. The predicted molar refractivity (Wildman–Crippen MR) is 114 cm³/mol. The molecule has 1 aliphatic heterocycles. The van der Waals surface area contributed by atoms with E-state index in [9.17, 15) is 14.4 Å². The number of rotatable bonds is 6. The van der Waals surface area contributed by atoms with Crippen molar-refractivity contribution >= 4 is 17.9 Å². The molecule has 1 saturated heterocycles. The minimum Gasteiger partial charge on any atom is -0.457 e. The molecule has 1 aliphatic rings. The number of carbonyl (C=O) groups excluding carboxylic acids is 3. The molecule has 7 nitrogen and oxygen atoms in total. The van der Waals surface area contributed by atoms with Gasteiger partial charge >= 0.3 is 17.9 Å². The minimum absolute atomic E-state index is 0.357. The summed E-state index contributed by atoms with van der Waals surface area (Å²) in [5, 5.41) is 0. The molecule has 3 rings (SSSR count). The molecule has 0 spiro atoms. The largest absolute Gasteiger partial charge is 0.457 e. The predicted octanol–water partition coefficient (Wildman–Crippen LogP) is 2.96. The number of piperidine rings is 1. The second-order valence-corrected chi connectivity index (χ2v) is 7.63. The van der Waals surface area contributed by atoms with Gasteiger partial charge in [0.05, 0.1) is 0 Å². The maximum atomic E-state index is 11.6. The second kappa shape index (κ2) is 10.2. The second-order valence-electron chi connectivity index (χ2n) is 7.63. The van der Waals surface area contributed by atoms with Gasteiger partial charge < -0.3 is 14.2 Å². The monoisotopic (exact) mass is 425 g/mol. The smallest absolute Gasteiger partial charge is 0.303 e. The highest BCUT2D eigenvalue weighted by Crippen LogP contribution is 2.24. The Morgan fingerprint density at radius 3 is 1.71 bits per heavy atom. The van der Waals surface area contributed by atoms with Gasteiger partial charge in [0, 0.05) is 40.4 Å². The first kappa shape index (κ1) is 22.5. The SMILES string of the molecule is CC(=O)OC1[C@@H](OC(C)=O)CN(Cc2ccc(-c3ccccc3)cc2)C[C@H]1OC(C)=O. The van der Waals surface area contributed by atoms with Gasteiger partial charge in [-0.15, -0.1) is 0 Å². The summed E-state index contributed by atoms with van der Waals surface area (Å²) in [5.74, 6) is -1.50. The molecule has 0 radical (unpaired) electrons. The molecule has 1 unspecified atom stereocenters. The average molecular weight is 425 g/mol. The number of hydrogen-bond acceptors (Lipinski definition) is 7. The number of hydrogen-bond donors (Lipinski definition) is 0. The van der Waals surface area contributed by atoms with Gasteiger partial charge in [-0.2, -0.15) is 0 Å². The number of likely N-dealkylation sites (tertiary alicyclic amines) is 1. The van der Waals surface area contributed by atoms with Crippen LogP contribution in [0.25, 0.3) is 11.1 Å². The van der Waals surface area contributed by atoms with Crippen LogP contribution in [0.5, 0.6) is 0 Å². The molecule has 3 atom stereocenters. The summed E-state index contributed by atoms with van der Waals surface area (Å²) in [4.78, 5) is 36.8. The van der Waals surface area contributed by atoms with E-state index in [4.69, 9.17) is 14.2 Å². The molecule has 0 N–H and O–H groups in total. The number of nitrogens with zero attached hydrogens (tertiary/aromatic N) is 1. The van der Waals surface area contributed by atoms with Crippen molar-refractivity contribution < 1.29 is 28.6 Å². The quantitative estimate of drug-likeness (QED) is 0.520. The fraction of sp³-hybridized carbons (Fsp3) is 0.375. The van der Waals surface area contributed by atoms with Crippen LogP contribution in [0.4, 0.5) is 0 Å². The topological polar surface area (TPSA) is 82.1 Å². The number of benzene rings is 2. The molecule has 0 saturated carbocycles. The van der Waals surface area contributed by atoms with Crippen molar-refractivity contribution in [3.63, 3.8) is 0 Å².